The van der Waals surface area contributed by atoms with Gasteiger partial charge in [0, 0.05) is 6.42 Å². The normalized spacial score (nSPS) is 21.6. The minimum absolute atomic E-state index is 0.433. The smallest absolute Gasteiger partial charge is 0.149 e. The molecule has 0 aliphatic carbocycles. The molecule has 2 nitrogen and oxygen atoms in total. The molecule has 1 atom stereocenters. The fourth-order valence-corrected chi connectivity index (χ4v) is 1.61. The first-order valence-electron chi connectivity index (χ1n) is 4.78. The van der Waals surface area contributed by atoms with Gasteiger partial charge in [0.2, 0.25) is 0 Å². The summed E-state index contributed by atoms with van der Waals surface area (Å²) >= 11 is 0. The summed E-state index contributed by atoms with van der Waals surface area (Å²) in [6, 6.07) is 6.20. The maximum absolute atomic E-state index is 5.45. The first-order chi connectivity index (χ1) is 6.92. The topological polar surface area (TPSA) is 21.8 Å². The first-order valence-corrected chi connectivity index (χ1v) is 4.78. The number of benzene rings is 1. The van der Waals surface area contributed by atoms with E-state index in [4.69, 9.17) is 9.47 Å². The Morgan fingerprint density at radius 2 is 2.36 bits per heavy atom. The van der Waals surface area contributed by atoms with E-state index in [1.54, 1.807) is 0 Å². The molecule has 1 unspecified atom stereocenters. The van der Waals surface area contributed by atoms with Gasteiger partial charge in [-0.15, -0.1) is 0 Å². The van der Waals surface area contributed by atoms with Crippen LogP contribution in [0.5, 0.6) is 5.75 Å². The van der Waals surface area contributed by atoms with Crippen LogP contribution in [0, 0.1) is 11.8 Å². The average Bonchev–Trinajstić information content (AvgIpc) is 3.02. The monoisotopic (exact) mass is 186 g/mol. The van der Waals surface area contributed by atoms with Crippen LogP contribution in [0.2, 0.25) is 0 Å². The second-order valence-electron chi connectivity index (χ2n) is 3.58. The summed E-state index contributed by atoms with van der Waals surface area (Å²) in [6.45, 7) is 1.41. The van der Waals surface area contributed by atoms with Crippen LogP contribution in [0.25, 0.3) is 0 Å². The Morgan fingerprint density at radius 1 is 1.43 bits per heavy atom. The van der Waals surface area contributed by atoms with Crippen molar-refractivity contribution < 1.29 is 9.47 Å². The van der Waals surface area contributed by atoms with Crippen molar-refractivity contribution in [2.45, 2.75) is 12.5 Å². The number of hydrogen-bond acceptors (Lipinski definition) is 2. The van der Waals surface area contributed by atoms with E-state index >= 15 is 0 Å². The average molecular weight is 186 g/mol. The van der Waals surface area contributed by atoms with Gasteiger partial charge in [-0.25, -0.2) is 0 Å². The maximum atomic E-state index is 5.45. The lowest BCUT2D eigenvalue weighted by atomic mass is 10.1. The van der Waals surface area contributed by atoms with Crippen molar-refractivity contribution in [3.63, 3.8) is 0 Å². The highest BCUT2D eigenvalue weighted by molar-refractivity contribution is 5.50. The Morgan fingerprint density at radius 3 is 3.21 bits per heavy atom. The molecule has 0 amide bonds. The third-order valence-electron chi connectivity index (χ3n) is 2.43. The van der Waals surface area contributed by atoms with E-state index in [0.717, 1.165) is 24.3 Å². The van der Waals surface area contributed by atoms with E-state index in [1.165, 1.54) is 5.56 Å². The largest absolute Gasteiger partial charge is 0.480 e. The second-order valence-corrected chi connectivity index (χ2v) is 3.58. The van der Waals surface area contributed by atoms with Gasteiger partial charge in [0.25, 0.3) is 0 Å². The highest BCUT2D eigenvalue weighted by Gasteiger charge is 2.22. The summed E-state index contributed by atoms with van der Waals surface area (Å²) < 4.78 is 10.6. The van der Waals surface area contributed by atoms with Crippen LogP contribution in [0.3, 0.4) is 0 Å². The predicted molar refractivity (Wildman–Crippen MR) is 52.3 cm³/mol. The quantitative estimate of drug-likeness (QED) is 0.514. The Kier molecular flexibility index (Phi) is 1.71. The number of fused-ring (bicyclic) bond motifs is 1. The van der Waals surface area contributed by atoms with Gasteiger partial charge >= 0.3 is 0 Å². The molecule has 1 saturated heterocycles. The van der Waals surface area contributed by atoms with E-state index in [9.17, 15) is 0 Å². The first kappa shape index (κ1) is 7.90. The lowest BCUT2D eigenvalue weighted by Crippen LogP contribution is -2.02. The molecule has 0 N–H and O–H groups in total. The SMILES string of the molecule is C1#Cc2ccc(CC3CO3)cc2OC1. The highest BCUT2D eigenvalue weighted by Crippen LogP contribution is 2.24. The van der Waals surface area contributed by atoms with Crippen LogP contribution in [0.15, 0.2) is 18.2 Å². The lowest BCUT2D eigenvalue weighted by Gasteiger charge is -2.10. The molecule has 0 aromatic heterocycles. The van der Waals surface area contributed by atoms with Gasteiger partial charge < -0.3 is 9.47 Å². The molecule has 0 saturated carbocycles. The minimum Gasteiger partial charge on any atom is -0.480 e. The zero-order chi connectivity index (χ0) is 9.38. The van der Waals surface area contributed by atoms with Crippen LogP contribution < -0.4 is 4.74 Å². The molecule has 1 aromatic rings. The van der Waals surface area contributed by atoms with Crippen LogP contribution in [-0.4, -0.2) is 19.3 Å². The van der Waals surface area contributed by atoms with Crippen molar-refractivity contribution in [3.05, 3.63) is 29.3 Å². The molecule has 2 aliphatic rings. The van der Waals surface area contributed by atoms with Gasteiger partial charge in [-0.3, -0.25) is 0 Å². The highest BCUT2D eigenvalue weighted by atomic mass is 16.6. The van der Waals surface area contributed by atoms with Crippen LogP contribution in [-0.2, 0) is 11.2 Å². The molecule has 1 fully saturated rings. The Bertz CT molecular complexity index is 422. The van der Waals surface area contributed by atoms with Crippen molar-refractivity contribution >= 4 is 0 Å². The van der Waals surface area contributed by atoms with E-state index in [2.05, 4.69) is 24.0 Å². The standard InChI is InChI=1S/C12H10O2/c1-2-10-4-3-9(6-11-8-14-11)7-12(10)13-5-1/h3-4,7,11H,5-6,8H2. The molecular formula is C12H10O2. The number of rotatable bonds is 2. The number of hydrogen-bond donors (Lipinski definition) is 0. The van der Waals surface area contributed by atoms with Crippen molar-refractivity contribution in [3.8, 4) is 17.6 Å². The zero-order valence-corrected chi connectivity index (χ0v) is 7.75. The summed E-state index contributed by atoms with van der Waals surface area (Å²) in [7, 11) is 0. The fraction of sp³-hybridized carbons (Fsp3) is 0.333. The predicted octanol–water partition coefficient (Wildman–Crippen LogP) is 1.37. The van der Waals surface area contributed by atoms with E-state index in [-0.39, 0.29) is 0 Å². The summed E-state index contributed by atoms with van der Waals surface area (Å²) in [5.74, 6) is 6.89. The van der Waals surface area contributed by atoms with Gasteiger partial charge in [-0.2, -0.15) is 0 Å². The molecule has 0 bridgehead atoms. The summed E-state index contributed by atoms with van der Waals surface area (Å²) in [4.78, 5) is 0. The Labute approximate surface area is 82.8 Å². The molecule has 2 aliphatic heterocycles. The zero-order valence-electron chi connectivity index (χ0n) is 7.75. The third kappa shape index (κ3) is 1.47. The molecule has 0 spiro atoms. The third-order valence-corrected chi connectivity index (χ3v) is 2.43. The van der Waals surface area contributed by atoms with E-state index in [0.29, 0.717) is 12.7 Å². The summed E-state index contributed by atoms with van der Waals surface area (Å²) in [5.41, 5.74) is 2.27. The summed E-state index contributed by atoms with van der Waals surface area (Å²) in [6.07, 6.45) is 1.42. The van der Waals surface area contributed by atoms with Gasteiger partial charge in [0.15, 0.2) is 0 Å². The molecule has 14 heavy (non-hydrogen) atoms. The number of epoxide rings is 1. The van der Waals surface area contributed by atoms with E-state index < -0.39 is 0 Å². The van der Waals surface area contributed by atoms with Gasteiger partial charge in [-0.05, 0) is 17.7 Å². The van der Waals surface area contributed by atoms with Crippen molar-refractivity contribution in [1.82, 2.24) is 0 Å². The molecular weight excluding hydrogens is 176 g/mol. The molecule has 3 rings (SSSR count). The fourth-order valence-electron chi connectivity index (χ4n) is 1.61. The number of ether oxygens (including phenoxy) is 2. The van der Waals surface area contributed by atoms with Crippen LogP contribution in [0.4, 0.5) is 0 Å². The van der Waals surface area contributed by atoms with Crippen LogP contribution >= 0.6 is 0 Å². The van der Waals surface area contributed by atoms with Crippen LogP contribution in [0.1, 0.15) is 11.1 Å². The molecule has 1 aromatic carbocycles. The molecule has 2 heterocycles. The molecule has 2 heteroatoms. The minimum atomic E-state index is 0.433. The maximum Gasteiger partial charge on any atom is 0.149 e. The van der Waals surface area contributed by atoms with E-state index in [1.807, 2.05) is 6.07 Å². The van der Waals surface area contributed by atoms with Crippen molar-refractivity contribution in [1.29, 1.82) is 0 Å². The molecule has 70 valence electrons. The Balaban J connectivity index is 1.90. The van der Waals surface area contributed by atoms with Gasteiger partial charge in [0.1, 0.15) is 12.4 Å². The Hall–Kier alpha value is -1.46. The van der Waals surface area contributed by atoms with Crippen molar-refractivity contribution in [2.75, 3.05) is 13.2 Å². The van der Waals surface area contributed by atoms with Gasteiger partial charge in [-0.1, -0.05) is 17.9 Å². The molecule has 0 radical (unpaired) electrons. The van der Waals surface area contributed by atoms with Crippen molar-refractivity contribution in [2.24, 2.45) is 0 Å². The second kappa shape index (κ2) is 3.04. The summed E-state index contributed by atoms with van der Waals surface area (Å²) in [5, 5.41) is 0. The van der Waals surface area contributed by atoms with Gasteiger partial charge in [0.05, 0.1) is 18.3 Å². The lowest BCUT2D eigenvalue weighted by molar-refractivity contribution is 0.364.